The van der Waals surface area contributed by atoms with Crippen molar-refractivity contribution in [3.8, 4) is 11.5 Å². The number of benzene rings is 2. The van der Waals surface area contributed by atoms with Gasteiger partial charge < -0.3 is 14.4 Å². The zero-order chi connectivity index (χ0) is 24.8. The Kier molecular flexibility index (Phi) is 7.92. The van der Waals surface area contributed by atoms with Crippen molar-refractivity contribution in [2.24, 2.45) is 4.99 Å². The number of aliphatic imine (C=N–C) groups is 1. The first-order chi connectivity index (χ1) is 17.0. The summed E-state index contributed by atoms with van der Waals surface area (Å²) in [6.07, 6.45) is 6.90. The van der Waals surface area contributed by atoms with E-state index in [2.05, 4.69) is 11.1 Å². The highest BCUT2D eigenvalue weighted by Crippen LogP contribution is 2.32. The van der Waals surface area contributed by atoms with Gasteiger partial charge in [-0.25, -0.2) is 4.99 Å². The minimum absolute atomic E-state index is 0.0129. The fraction of sp³-hybridized carbons (Fsp3) is 0.296. The Morgan fingerprint density at radius 2 is 1.91 bits per heavy atom. The van der Waals surface area contributed by atoms with Crippen LogP contribution in [0.3, 0.4) is 0 Å². The summed E-state index contributed by atoms with van der Waals surface area (Å²) in [5.41, 5.74) is 2.86. The van der Waals surface area contributed by atoms with Crippen LogP contribution in [0, 0.1) is 0 Å². The van der Waals surface area contributed by atoms with Gasteiger partial charge in [0.05, 0.1) is 25.7 Å². The van der Waals surface area contributed by atoms with Crippen LogP contribution in [-0.4, -0.2) is 48.4 Å². The first-order valence-electron chi connectivity index (χ1n) is 11.6. The molecular formula is C27H29N3O4S. The quantitative estimate of drug-likeness (QED) is 0.481. The molecule has 2 aromatic rings. The van der Waals surface area contributed by atoms with Crippen molar-refractivity contribution in [2.45, 2.75) is 26.2 Å². The molecule has 0 unspecified atom stereocenters. The first-order valence-corrected chi connectivity index (χ1v) is 12.6. The van der Waals surface area contributed by atoms with Gasteiger partial charge in [-0.15, -0.1) is 0 Å². The van der Waals surface area contributed by atoms with Crippen LogP contribution >= 0.6 is 11.8 Å². The van der Waals surface area contributed by atoms with Crippen LogP contribution in [0.5, 0.6) is 11.5 Å². The molecule has 0 spiro atoms. The molecule has 0 atom stereocenters. The molecule has 1 aliphatic heterocycles. The van der Waals surface area contributed by atoms with E-state index in [1.807, 2.05) is 54.3 Å². The van der Waals surface area contributed by atoms with Crippen molar-refractivity contribution >= 4 is 40.5 Å². The molecule has 0 saturated heterocycles. The first kappa shape index (κ1) is 24.6. The van der Waals surface area contributed by atoms with E-state index in [1.54, 1.807) is 31.3 Å². The van der Waals surface area contributed by atoms with E-state index in [-0.39, 0.29) is 17.6 Å². The van der Waals surface area contributed by atoms with Crippen LogP contribution in [-0.2, 0) is 9.59 Å². The maximum atomic E-state index is 13.4. The van der Waals surface area contributed by atoms with Crippen molar-refractivity contribution < 1.29 is 19.1 Å². The van der Waals surface area contributed by atoms with E-state index >= 15 is 0 Å². The zero-order valence-electron chi connectivity index (χ0n) is 20.2. The lowest BCUT2D eigenvalue weighted by atomic mass is 10.2. The number of amides is 2. The van der Waals surface area contributed by atoms with E-state index in [0.717, 1.165) is 36.3 Å². The maximum Gasteiger partial charge on any atom is 0.283 e. The highest BCUT2D eigenvalue weighted by Gasteiger charge is 2.33. The van der Waals surface area contributed by atoms with Crippen molar-refractivity contribution in [1.82, 2.24) is 4.90 Å². The molecule has 4 rings (SSSR count). The molecule has 35 heavy (non-hydrogen) atoms. The highest BCUT2D eigenvalue weighted by molar-refractivity contribution is 8.14. The highest BCUT2D eigenvalue weighted by atomic mass is 32.2. The number of thioether (sulfide) groups is 1. The van der Waals surface area contributed by atoms with E-state index in [9.17, 15) is 9.59 Å². The Balaban J connectivity index is 1.61. The largest absolute Gasteiger partial charge is 0.497 e. The van der Waals surface area contributed by atoms with Gasteiger partial charge in [-0.05, 0) is 62.1 Å². The lowest BCUT2D eigenvalue weighted by molar-refractivity contribution is -0.126. The molecule has 0 aromatic heterocycles. The van der Waals surface area contributed by atoms with Gasteiger partial charge in [0.2, 0.25) is 5.91 Å². The third-order valence-electron chi connectivity index (χ3n) is 5.87. The molecule has 2 aliphatic rings. The monoisotopic (exact) mass is 491 g/mol. The summed E-state index contributed by atoms with van der Waals surface area (Å²) in [7, 11) is 3.19. The maximum absolute atomic E-state index is 13.4. The zero-order valence-corrected chi connectivity index (χ0v) is 21.0. The summed E-state index contributed by atoms with van der Waals surface area (Å²) in [4.78, 5) is 34.5. The van der Waals surface area contributed by atoms with Crippen molar-refractivity contribution in [3.05, 3.63) is 71.6 Å². The number of anilines is 1. The second-order valence-electron chi connectivity index (χ2n) is 8.05. The van der Waals surface area contributed by atoms with Crippen molar-refractivity contribution in [3.63, 3.8) is 0 Å². The van der Waals surface area contributed by atoms with Gasteiger partial charge in [-0.2, -0.15) is 0 Å². The molecule has 8 heteroatoms. The summed E-state index contributed by atoms with van der Waals surface area (Å²) < 4.78 is 10.6. The standard InChI is InChI=1S/C27H29N3O4S/c1-4-29(20-8-5-6-9-20)25(31)18-35-27-28-24(16-19-12-14-22(33-2)15-13-19)26(32)30(27)21-10-7-11-23(17-21)34-3/h7-8,10-17H,4-6,9,18H2,1-3H3. The molecule has 0 N–H and O–H groups in total. The lowest BCUT2D eigenvalue weighted by Gasteiger charge is -2.23. The molecule has 1 heterocycles. The normalized spacial score (nSPS) is 16.4. The second kappa shape index (κ2) is 11.3. The van der Waals surface area contributed by atoms with Crippen molar-refractivity contribution in [2.75, 3.05) is 31.4 Å². The molecule has 182 valence electrons. The minimum atomic E-state index is -0.255. The Morgan fingerprint density at radius 3 is 2.57 bits per heavy atom. The van der Waals surface area contributed by atoms with Crippen LogP contribution < -0.4 is 14.4 Å². The number of rotatable bonds is 8. The molecule has 7 nitrogen and oxygen atoms in total. The van der Waals surface area contributed by atoms with E-state index in [0.29, 0.717) is 28.8 Å². The fourth-order valence-electron chi connectivity index (χ4n) is 4.07. The van der Waals surface area contributed by atoms with E-state index in [4.69, 9.17) is 9.47 Å². The third kappa shape index (κ3) is 5.59. The lowest BCUT2D eigenvalue weighted by Crippen LogP contribution is -2.34. The van der Waals surface area contributed by atoms with Crippen LogP contribution in [0.15, 0.2) is 71.0 Å². The van der Waals surface area contributed by atoms with E-state index < -0.39 is 0 Å². The van der Waals surface area contributed by atoms with Gasteiger partial charge in [0.1, 0.15) is 17.2 Å². The molecule has 0 saturated carbocycles. The number of carbonyl (C=O) groups excluding carboxylic acids is 2. The molecule has 2 amide bonds. The van der Waals surface area contributed by atoms with Gasteiger partial charge in [-0.3, -0.25) is 14.5 Å². The number of hydrogen-bond acceptors (Lipinski definition) is 6. The number of carbonyl (C=O) groups is 2. The molecule has 2 aromatic carbocycles. The van der Waals surface area contributed by atoms with Crippen LogP contribution in [0.2, 0.25) is 0 Å². The van der Waals surface area contributed by atoms with Gasteiger partial charge in [0.25, 0.3) is 5.91 Å². The fourth-order valence-corrected chi connectivity index (χ4v) is 4.96. The Morgan fingerprint density at radius 1 is 1.14 bits per heavy atom. The predicted molar refractivity (Wildman–Crippen MR) is 141 cm³/mol. The third-order valence-corrected chi connectivity index (χ3v) is 6.79. The summed E-state index contributed by atoms with van der Waals surface area (Å²) in [5.74, 6) is 1.31. The number of nitrogens with zero attached hydrogens (tertiary/aromatic N) is 3. The van der Waals surface area contributed by atoms with Gasteiger partial charge in [0.15, 0.2) is 5.17 Å². The number of hydrogen-bond donors (Lipinski definition) is 0. The molecule has 0 fully saturated rings. The average molecular weight is 492 g/mol. The predicted octanol–water partition coefficient (Wildman–Crippen LogP) is 5.10. The van der Waals surface area contributed by atoms with Crippen LogP contribution in [0.1, 0.15) is 31.7 Å². The molecule has 0 bridgehead atoms. The molecule has 1 aliphatic carbocycles. The Bertz CT molecular complexity index is 1190. The topological polar surface area (TPSA) is 71.4 Å². The second-order valence-corrected chi connectivity index (χ2v) is 9.00. The minimum Gasteiger partial charge on any atom is -0.497 e. The number of amidine groups is 1. The SMILES string of the molecule is CCN(C(=O)CSC1=NC(=Cc2ccc(OC)cc2)C(=O)N1c1cccc(OC)c1)C1=CCCC1. The average Bonchev–Trinajstić information content (AvgIpc) is 3.52. The molecule has 0 radical (unpaired) electrons. The van der Waals surface area contributed by atoms with Crippen LogP contribution in [0.25, 0.3) is 6.08 Å². The Hall–Kier alpha value is -3.52. The van der Waals surface area contributed by atoms with E-state index in [1.165, 1.54) is 11.8 Å². The summed E-state index contributed by atoms with van der Waals surface area (Å²) in [6, 6.07) is 14.7. The number of allylic oxidation sites excluding steroid dienone is 2. The summed E-state index contributed by atoms with van der Waals surface area (Å²) >= 11 is 1.27. The Labute approximate surface area is 210 Å². The van der Waals surface area contributed by atoms with Gasteiger partial charge >= 0.3 is 0 Å². The van der Waals surface area contributed by atoms with Crippen molar-refractivity contribution in [1.29, 1.82) is 0 Å². The number of ether oxygens (including phenoxy) is 2. The van der Waals surface area contributed by atoms with Crippen LogP contribution in [0.4, 0.5) is 5.69 Å². The number of methoxy groups -OCH3 is 2. The smallest absolute Gasteiger partial charge is 0.283 e. The molecular weight excluding hydrogens is 462 g/mol. The summed E-state index contributed by atoms with van der Waals surface area (Å²) in [5, 5.41) is 0.466. The van der Waals surface area contributed by atoms with Gasteiger partial charge in [-0.1, -0.05) is 36.0 Å². The van der Waals surface area contributed by atoms with Gasteiger partial charge in [0, 0.05) is 18.3 Å². The summed E-state index contributed by atoms with van der Waals surface area (Å²) in [6.45, 7) is 2.61.